The maximum Gasteiger partial charge on any atom is 0.303 e. The van der Waals surface area contributed by atoms with Gasteiger partial charge in [0.1, 0.15) is 0 Å². The largest absolute Gasteiger partial charge is 0.481 e. The number of aliphatic carboxylic acids is 1. The fraction of sp³-hybridized carbons (Fsp3) is 0.853. The highest BCUT2D eigenvalue weighted by molar-refractivity contribution is 5.66. The minimum absolute atomic E-state index is 0.324. The Hall–Kier alpha value is -1.09. The van der Waals surface area contributed by atoms with Gasteiger partial charge in [0.25, 0.3) is 0 Å². The van der Waals surface area contributed by atoms with E-state index in [0.29, 0.717) is 6.42 Å². The zero-order valence-corrected chi connectivity index (χ0v) is 26.1. The standard InChI is InChI=1S/C18H32O2.C16H36N/c1-2-3-4-5-6-7-8-9-10-11-12-13-14-15-16-17-18(19)20;1-5-9-13-17(14-10-6-2,15-11-7-3)16-12-8-4/h6-7,9-10H,2-5,8,11-17H2,1H3,(H,19,20);5-16H2,1-4H3/q;+1/b7-6-,10-9-;. The molecule has 0 aromatic rings. The van der Waals surface area contributed by atoms with Crippen molar-refractivity contribution in [2.75, 3.05) is 26.2 Å². The number of carboxylic acid groups (broad SMARTS) is 1. The summed E-state index contributed by atoms with van der Waals surface area (Å²) < 4.78 is 1.42. The van der Waals surface area contributed by atoms with E-state index in [0.717, 1.165) is 25.7 Å². The van der Waals surface area contributed by atoms with Crippen molar-refractivity contribution in [1.82, 2.24) is 0 Å². The molecular weight excluding hydrogens is 454 g/mol. The number of hydrogen-bond acceptors (Lipinski definition) is 1. The molecule has 0 aliphatic heterocycles. The molecule has 0 saturated carbocycles. The number of unbranched alkanes of at least 4 members (excludes halogenated alkanes) is 12. The van der Waals surface area contributed by atoms with Crippen molar-refractivity contribution in [3.05, 3.63) is 24.3 Å². The maximum atomic E-state index is 10.3. The van der Waals surface area contributed by atoms with Crippen LogP contribution in [0.4, 0.5) is 0 Å². The SMILES string of the molecule is CCCCC/C=C\C/C=C\CCCCCCCC(=O)O.CCCC[N+](CCCC)(CCCC)CCCC. The lowest BCUT2D eigenvalue weighted by atomic mass is 10.1. The van der Waals surface area contributed by atoms with Gasteiger partial charge in [0, 0.05) is 6.42 Å². The van der Waals surface area contributed by atoms with E-state index in [2.05, 4.69) is 58.9 Å². The molecule has 220 valence electrons. The van der Waals surface area contributed by atoms with E-state index in [1.54, 1.807) is 0 Å². The number of quaternary nitrogens is 1. The first-order valence-corrected chi connectivity index (χ1v) is 16.4. The lowest BCUT2D eigenvalue weighted by Gasteiger charge is -2.39. The maximum absolute atomic E-state index is 10.3. The molecule has 0 fully saturated rings. The van der Waals surface area contributed by atoms with Crippen molar-refractivity contribution in [2.24, 2.45) is 0 Å². The van der Waals surface area contributed by atoms with Gasteiger partial charge in [-0.1, -0.05) is 117 Å². The molecular formula is C34H68NO2+. The molecule has 0 aliphatic carbocycles. The van der Waals surface area contributed by atoms with Gasteiger partial charge in [-0.3, -0.25) is 4.79 Å². The quantitative estimate of drug-likeness (QED) is 0.0696. The Morgan fingerprint density at radius 3 is 1.30 bits per heavy atom. The van der Waals surface area contributed by atoms with Crippen LogP contribution < -0.4 is 0 Å². The molecule has 0 rings (SSSR count). The molecule has 1 N–H and O–H groups in total. The number of carbonyl (C=O) groups is 1. The van der Waals surface area contributed by atoms with Gasteiger partial charge in [-0.25, -0.2) is 0 Å². The molecule has 0 aliphatic rings. The summed E-state index contributed by atoms with van der Waals surface area (Å²) in [5.41, 5.74) is 0. The number of hydrogen-bond donors (Lipinski definition) is 1. The van der Waals surface area contributed by atoms with Gasteiger partial charge in [0.15, 0.2) is 0 Å². The van der Waals surface area contributed by atoms with E-state index < -0.39 is 5.97 Å². The monoisotopic (exact) mass is 523 g/mol. The number of rotatable bonds is 26. The van der Waals surface area contributed by atoms with Crippen LogP contribution in [0.2, 0.25) is 0 Å². The summed E-state index contributed by atoms with van der Waals surface area (Å²) in [4.78, 5) is 10.3. The summed E-state index contributed by atoms with van der Waals surface area (Å²) in [6, 6.07) is 0. The molecule has 0 unspecified atom stereocenters. The molecule has 0 bridgehead atoms. The van der Waals surface area contributed by atoms with Crippen LogP contribution in [0.15, 0.2) is 24.3 Å². The number of carboxylic acids is 1. The Kier molecular flexibility index (Phi) is 32.0. The van der Waals surface area contributed by atoms with E-state index in [1.165, 1.54) is 127 Å². The average Bonchev–Trinajstić information content (AvgIpc) is 2.90. The van der Waals surface area contributed by atoms with Crippen LogP contribution in [0.3, 0.4) is 0 Å². The molecule has 0 amide bonds. The van der Waals surface area contributed by atoms with E-state index in [9.17, 15) is 4.79 Å². The molecule has 0 heterocycles. The van der Waals surface area contributed by atoms with Gasteiger partial charge in [-0.2, -0.15) is 0 Å². The molecule has 0 aromatic carbocycles. The molecule has 3 heteroatoms. The van der Waals surface area contributed by atoms with Crippen LogP contribution in [0.25, 0.3) is 0 Å². The van der Waals surface area contributed by atoms with Crippen molar-refractivity contribution in [2.45, 2.75) is 163 Å². The Balaban J connectivity index is 0. The second kappa shape index (κ2) is 31.1. The third-order valence-electron chi connectivity index (χ3n) is 7.29. The summed E-state index contributed by atoms with van der Waals surface area (Å²) >= 11 is 0. The summed E-state index contributed by atoms with van der Waals surface area (Å²) in [6.45, 7) is 17.3. The minimum Gasteiger partial charge on any atom is -0.481 e. The van der Waals surface area contributed by atoms with Crippen LogP contribution in [0, 0.1) is 0 Å². The molecule has 0 saturated heterocycles. The number of allylic oxidation sites excluding steroid dienone is 4. The Labute approximate surface area is 233 Å². The molecule has 0 radical (unpaired) electrons. The molecule has 37 heavy (non-hydrogen) atoms. The molecule has 0 aromatic heterocycles. The fourth-order valence-corrected chi connectivity index (χ4v) is 4.73. The van der Waals surface area contributed by atoms with Crippen molar-refractivity contribution < 1.29 is 14.4 Å². The van der Waals surface area contributed by atoms with Gasteiger partial charge in [-0.15, -0.1) is 0 Å². The van der Waals surface area contributed by atoms with Crippen molar-refractivity contribution in [1.29, 1.82) is 0 Å². The lowest BCUT2D eigenvalue weighted by molar-refractivity contribution is -0.929. The second-order valence-corrected chi connectivity index (χ2v) is 11.0. The lowest BCUT2D eigenvalue weighted by Crippen LogP contribution is -2.50. The first-order chi connectivity index (χ1) is 18.0. The van der Waals surface area contributed by atoms with Crippen molar-refractivity contribution in [3.8, 4) is 0 Å². The van der Waals surface area contributed by atoms with Crippen LogP contribution in [-0.2, 0) is 4.79 Å². The van der Waals surface area contributed by atoms with E-state index in [-0.39, 0.29) is 0 Å². The summed E-state index contributed by atoms with van der Waals surface area (Å²) in [5.74, 6) is -0.671. The summed E-state index contributed by atoms with van der Waals surface area (Å²) in [6.07, 6.45) is 33.3. The zero-order valence-electron chi connectivity index (χ0n) is 26.1. The van der Waals surface area contributed by atoms with Gasteiger partial charge in [0.2, 0.25) is 0 Å². The van der Waals surface area contributed by atoms with Crippen LogP contribution in [0.5, 0.6) is 0 Å². The van der Waals surface area contributed by atoms with Gasteiger partial charge in [0.05, 0.1) is 26.2 Å². The summed E-state index contributed by atoms with van der Waals surface area (Å²) in [5, 5.41) is 8.50. The fourth-order valence-electron chi connectivity index (χ4n) is 4.73. The zero-order chi connectivity index (χ0) is 27.9. The topological polar surface area (TPSA) is 37.3 Å². The predicted octanol–water partition coefficient (Wildman–Crippen LogP) is 10.9. The Morgan fingerprint density at radius 2 is 0.892 bits per heavy atom. The second-order valence-electron chi connectivity index (χ2n) is 11.0. The highest BCUT2D eigenvalue weighted by Gasteiger charge is 2.24. The number of nitrogens with zero attached hydrogens (tertiary/aromatic N) is 1. The highest BCUT2D eigenvalue weighted by Crippen LogP contribution is 2.16. The third kappa shape index (κ3) is 29.3. The molecule has 0 atom stereocenters. The van der Waals surface area contributed by atoms with Crippen LogP contribution >= 0.6 is 0 Å². The van der Waals surface area contributed by atoms with Crippen LogP contribution in [0.1, 0.15) is 163 Å². The van der Waals surface area contributed by atoms with E-state index in [1.807, 2.05) is 0 Å². The van der Waals surface area contributed by atoms with E-state index in [4.69, 9.17) is 5.11 Å². The van der Waals surface area contributed by atoms with Crippen molar-refractivity contribution in [3.63, 3.8) is 0 Å². The molecule has 3 nitrogen and oxygen atoms in total. The van der Waals surface area contributed by atoms with Crippen LogP contribution in [-0.4, -0.2) is 41.7 Å². The minimum atomic E-state index is -0.671. The smallest absolute Gasteiger partial charge is 0.303 e. The highest BCUT2D eigenvalue weighted by atomic mass is 16.4. The first-order valence-electron chi connectivity index (χ1n) is 16.4. The first kappa shape index (κ1) is 38.1. The van der Waals surface area contributed by atoms with Gasteiger partial charge < -0.3 is 9.59 Å². The van der Waals surface area contributed by atoms with Crippen molar-refractivity contribution >= 4 is 5.97 Å². The average molecular weight is 523 g/mol. The van der Waals surface area contributed by atoms with Gasteiger partial charge >= 0.3 is 5.97 Å². The van der Waals surface area contributed by atoms with E-state index >= 15 is 0 Å². The third-order valence-corrected chi connectivity index (χ3v) is 7.29. The van der Waals surface area contributed by atoms with Gasteiger partial charge in [-0.05, 0) is 64.2 Å². The molecule has 0 spiro atoms. The predicted molar refractivity (Wildman–Crippen MR) is 166 cm³/mol. The Morgan fingerprint density at radius 1 is 0.514 bits per heavy atom. The summed E-state index contributed by atoms with van der Waals surface area (Å²) in [7, 11) is 0. The Bertz CT molecular complexity index is 474. The normalized spacial score (nSPS) is 11.8.